The number of benzene rings is 2. The molecule has 0 amide bonds. The van der Waals surface area contributed by atoms with Crippen LogP contribution in [-0.2, 0) is 11.3 Å². The largest absolute Gasteiger partial charge is 0.394 e. The Morgan fingerprint density at radius 2 is 1.74 bits per heavy atom. The van der Waals surface area contributed by atoms with Gasteiger partial charge in [0, 0.05) is 27.1 Å². The summed E-state index contributed by atoms with van der Waals surface area (Å²) < 4.78 is 6.78. The average molecular weight is 438 g/mol. The van der Waals surface area contributed by atoms with Crippen LogP contribution in [0.3, 0.4) is 0 Å². The number of nitrogens with zero attached hydrogens (tertiary/aromatic N) is 2. The first-order valence-corrected chi connectivity index (χ1v) is 11.1. The number of hydrogen-bond acceptors (Lipinski definition) is 5. The Morgan fingerprint density at radius 1 is 1.06 bits per heavy atom. The van der Waals surface area contributed by atoms with E-state index < -0.39 is 0 Å². The fraction of sp³-hybridized carbons (Fsp3) is 0.250. The molecule has 0 fully saturated rings. The molecular formula is C24H27N3O3S. The Morgan fingerprint density at radius 3 is 2.42 bits per heavy atom. The second-order valence-electron chi connectivity index (χ2n) is 6.57. The summed E-state index contributed by atoms with van der Waals surface area (Å²) in [6.07, 6.45) is 0. The van der Waals surface area contributed by atoms with E-state index in [4.69, 9.17) is 9.84 Å². The summed E-state index contributed by atoms with van der Waals surface area (Å²) in [5.41, 5.74) is 3.66. The highest BCUT2D eigenvalue weighted by atomic mass is 32.2. The van der Waals surface area contributed by atoms with Gasteiger partial charge < -0.3 is 9.84 Å². The van der Waals surface area contributed by atoms with Crippen LogP contribution in [0, 0.1) is 6.92 Å². The van der Waals surface area contributed by atoms with Crippen molar-refractivity contribution in [1.29, 1.82) is 0 Å². The fourth-order valence-corrected chi connectivity index (χ4v) is 4.01. The first-order valence-electron chi connectivity index (χ1n) is 10.3. The van der Waals surface area contributed by atoms with Crippen LogP contribution in [0.2, 0.25) is 0 Å². The van der Waals surface area contributed by atoms with Gasteiger partial charge in [0.2, 0.25) is 0 Å². The highest BCUT2D eigenvalue weighted by molar-refractivity contribution is 7.99. The highest BCUT2D eigenvalue weighted by Crippen LogP contribution is 2.31. The molecule has 162 valence electrons. The van der Waals surface area contributed by atoms with Gasteiger partial charge in [-0.3, -0.25) is 9.89 Å². The van der Waals surface area contributed by atoms with Crippen molar-refractivity contribution in [2.75, 3.05) is 13.2 Å². The number of hydrogen-bond donors (Lipinski definition) is 2. The normalized spacial score (nSPS) is 10.7. The van der Waals surface area contributed by atoms with E-state index in [0.29, 0.717) is 11.3 Å². The molecule has 7 heteroatoms. The molecular weight excluding hydrogens is 410 g/mol. The van der Waals surface area contributed by atoms with Crippen molar-refractivity contribution in [3.8, 4) is 11.1 Å². The van der Waals surface area contributed by atoms with Crippen molar-refractivity contribution in [1.82, 2.24) is 14.6 Å². The lowest BCUT2D eigenvalue weighted by atomic mass is 10.1. The molecule has 6 nitrogen and oxygen atoms in total. The third kappa shape index (κ3) is 5.44. The summed E-state index contributed by atoms with van der Waals surface area (Å²) in [5, 5.41) is 12.0. The zero-order chi connectivity index (χ0) is 22.2. The molecule has 0 saturated heterocycles. The van der Waals surface area contributed by atoms with Crippen LogP contribution in [0.1, 0.15) is 25.2 Å². The Labute approximate surface area is 185 Å². The molecule has 0 radical (unpaired) electrons. The van der Waals surface area contributed by atoms with E-state index in [1.807, 2.05) is 51.1 Å². The molecule has 4 rings (SSSR count). The van der Waals surface area contributed by atoms with E-state index in [2.05, 4.69) is 34.3 Å². The van der Waals surface area contributed by atoms with E-state index in [0.717, 1.165) is 21.7 Å². The Balaban J connectivity index is 0.00000132. The summed E-state index contributed by atoms with van der Waals surface area (Å²) >= 11 is 1.70. The summed E-state index contributed by atoms with van der Waals surface area (Å²) in [5.74, 6) is 0. The molecule has 0 aliphatic carbocycles. The van der Waals surface area contributed by atoms with Crippen LogP contribution in [0.5, 0.6) is 0 Å². The number of fused-ring (bicyclic) bond motifs is 1. The lowest BCUT2D eigenvalue weighted by molar-refractivity contribution is 0.0797. The number of H-pyrrole nitrogens is 1. The number of aromatic nitrogens is 3. The maximum absolute atomic E-state index is 12.5. The number of ether oxygens (including phenoxy) is 1. The maximum Gasteiger partial charge on any atom is 0.273 e. The van der Waals surface area contributed by atoms with Crippen LogP contribution < -0.4 is 5.56 Å². The second kappa shape index (κ2) is 10.9. The molecule has 0 spiro atoms. The first-order chi connectivity index (χ1) is 15.2. The Kier molecular flexibility index (Phi) is 8.06. The van der Waals surface area contributed by atoms with Gasteiger partial charge in [0.05, 0.1) is 25.5 Å². The number of aliphatic hydroxyl groups excluding tert-OH is 1. The monoisotopic (exact) mass is 437 g/mol. The van der Waals surface area contributed by atoms with Crippen molar-refractivity contribution < 1.29 is 9.84 Å². The van der Waals surface area contributed by atoms with Crippen LogP contribution in [0.4, 0.5) is 0 Å². The molecule has 2 aromatic heterocycles. The SMILES string of the molecule is CC.Cc1[nH]n2c(=O)cc(COCCO)nc2c1-c1ccc(Sc2ccccc2)cc1. The Bertz CT molecular complexity index is 1170. The molecule has 0 aliphatic heterocycles. The van der Waals surface area contributed by atoms with Gasteiger partial charge in [-0.05, 0) is 36.8 Å². The zero-order valence-corrected chi connectivity index (χ0v) is 18.8. The quantitative estimate of drug-likeness (QED) is 0.410. The maximum atomic E-state index is 12.5. The number of nitrogens with one attached hydrogen (secondary N) is 1. The van der Waals surface area contributed by atoms with Crippen molar-refractivity contribution in [3.63, 3.8) is 0 Å². The topological polar surface area (TPSA) is 79.6 Å². The van der Waals surface area contributed by atoms with Gasteiger partial charge in [-0.2, -0.15) is 0 Å². The van der Waals surface area contributed by atoms with Gasteiger partial charge in [-0.25, -0.2) is 9.50 Å². The van der Waals surface area contributed by atoms with E-state index in [1.165, 1.54) is 15.5 Å². The molecule has 2 N–H and O–H groups in total. The molecule has 4 aromatic rings. The van der Waals surface area contributed by atoms with Crippen LogP contribution in [0.25, 0.3) is 16.8 Å². The zero-order valence-electron chi connectivity index (χ0n) is 18.0. The molecule has 0 bridgehead atoms. The minimum absolute atomic E-state index is 0.0664. The summed E-state index contributed by atoms with van der Waals surface area (Å²) in [6.45, 7) is 6.25. The van der Waals surface area contributed by atoms with Crippen molar-refractivity contribution >= 4 is 17.4 Å². The number of rotatable bonds is 7. The van der Waals surface area contributed by atoms with Crippen molar-refractivity contribution in [3.05, 3.63) is 82.4 Å². The lowest BCUT2D eigenvalue weighted by Gasteiger charge is -2.06. The molecule has 2 aromatic carbocycles. The Hall–Kier alpha value is -2.87. The van der Waals surface area contributed by atoms with Gasteiger partial charge in [-0.1, -0.05) is 55.9 Å². The first kappa shape index (κ1) is 22.8. The van der Waals surface area contributed by atoms with Crippen molar-refractivity contribution in [2.45, 2.75) is 37.2 Å². The highest BCUT2D eigenvalue weighted by Gasteiger charge is 2.15. The number of aliphatic hydroxyl groups is 1. The predicted molar refractivity (Wildman–Crippen MR) is 125 cm³/mol. The van der Waals surface area contributed by atoms with E-state index in [1.54, 1.807) is 11.8 Å². The van der Waals surface area contributed by atoms with E-state index >= 15 is 0 Å². The lowest BCUT2D eigenvalue weighted by Crippen LogP contribution is -2.16. The van der Waals surface area contributed by atoms with Crippen molar-refractivity contribution in [2.24, 2.45) is 0 Å². The second-order valence-corrected chi connectivity index (χ2v) is 7.72. The molecule has 31 heavy (non-hydrogen) atoms. The minimum atomic E-state index is -0.191. The van der Waals surface area contributed by atoms with E-state index in [-0.39, 0.29) is 25.4 Å². The predicted octanol–water partition coefficient (Wildman–Crippen LogP) is 4.68. The molecule has 2 heterocycles. The molecule has 0 saturated carbocycles. The molecule has 0 atom stereocenters. The minimum Gasteiger partial charge on any atom is -0.394 e. The van der Waals surface area contributed by atoms with Gasteiger partial charge >= 0.3 is 0 Å². The third-order valence-corrected chi connectivity index (χ3v) is 5.47. The van der Waals surface area contributed by atoms with Crippen LogP contribution >= 0.6 is 11.8 Å². The van der Waals surface area contributed by atoms with Crippen LogP contribution in [0.15, 0.2) is 75.2 Å². The third-order valence-electron chi connectivity index (χ3n) is 4.46. The summed E-state index contributed by atoms with van der Waals surface area (Å²) in [6, 6.07) is 19.9. The van der Waals surface area contributed by atoms with Gasteiger partial charge in [0.1, 0.15) is 0 Å². The fourth-order valence-electron chi connectivity index (χ4n) is 3.17. The van der Waals surface area contributed by atoms with Gasteiger partial charge in [0.25, 0.3) is 5.56 Å². The molecule has 0 unspecified atom stereocenters. The molecule has 0 aliphatic rings. The number of aromatic amines is 1. The smallest absolute Gasteiger partial charge is 0.273 e. The number of aryl methyl sites for hydroxylation is 1. The summed E-state index contributed by atoms with van der Waals surface area (Å²) in [4.78, 5) is 19.4. The average Bonchev–Trinajstić information content (AvgIpc) is 3.13. The van der Waals surface area contributed by atoms with Crippen LogP contribution in [-0.4, -0.2) is 32.9 Å². The summed E-state index contributed by atoms with van der Waals surface area (Å²) in [7, 11) is 0. The standard InChI is InChI=1S/C22H21N3O3S.C2H6/c1-15-21(16-7-9-19(10-8-16)29-18-5-3-2-4-6-18)22-23-17(14-28-12-11-26)13-20(27)25(22)24-15;1-2/h2-10,13,24,26H,11-12,14H2,1H3;1-2H3. The van der Waals surface area contributed by atoms with Gasteiger partial charge in [-0.15, -0.1) is 0 Å². The van der Waals surface area contributed by atoms with Gasteiger partial charge in [0.15, 0.2) is 5.65 Å². The van der Waals surface area contributed by atoms with E-state index in [9.17, 15) is 4.79 Å².